The van der Waals surface area contributed by atoms with Gasteiger partial charge in [-0.25, -0.2) is 9.29 Å². The van der Waals surface area contributed by atoms with E-state index in [1.165, 1.54) is 40.9 Å². The van der Waals surface area contributed by atoms with Crippen LogP contribution in [0.2, 0.25) is 0 Å². The van der Waals surface area contributed by atoms with E-state index in [9.17, 15) is 14.0 Å². The number of benzene rings is 2. The summed E-state index contributed by atoms with van der Waals surface area (Å²) in [6, 6.07) is 11.3. The number of nitrogens with zero attached hydrogens (tertiary/aromatic N) is 1. The Bertz CT molecular complexity index is 867. The molecule has 5 heteroatoms. The zero-order valence-electron chi connectivity index (χ0n) is 14.3. The third kappa shape index (κ3) is 3.24. The molecule has 3 rings (SSSR count). The Kier molecular flexibility index (Phi) is 4.77. The highest BCUT2D eigenvalue weighted by Crippen LogP contribution is 2.38. The van der Waals surface area contributed by atoms with Gasteiger partial charge in [-0.15, -0.1) is 11.8 Å². The lowest BCUT2D eigenvalue weighted by molar-refractivity contribution is -0.119. The van der Waals surface area contributed by atoms with Crippen LogP contribution in [0.15, 0.2) is 47.4 Å². The smallest absolute Gasteiger partial charge is 0.268 e. The van der Waals surface area contributed by atoms with E-state index in [4.69, 9.17) is 0 Å². The van der Waals surface area contributed by atoms with E-state index in [1.807, 2.05) is 39.0 Å². The van der Waals surface area contributed by atoms with Gasteiger partial charge in [-0.1, -0.05) is 25.1 Å². The van der Waals surface area contributed by atoms with Crippen molar-refractivity contribution < 1.29 is 14.0 Å². The molecule has 0 unspecified atom stereocenters. The van der Waals surface area contributed by atoms with Gasteiger partial charge >= 0.3 is 0 Å². The Morgan fingerprint density at radius 2 is 1.56 bits per heavy atom. The van der Waals surface area contributed by atoms with Gasteiger partial charge in [0.05, 0.1) is 16.2 Å². The molecular formula is C20H18FNO2S. The maximum absolute atomic E-state index is 13.2. The summed E-state index contributed by atoms with van der Waals surface area (Å²) in [6.07, 6.45) is 0. The molecule has 1 aliphatic heterocycles. The lowest BCUT2D eigenvalue weighted by Gasteiger charge is -2.16. The molecule has 1 heterocycles. The topological polar surface area (TPSA) is 37.4 Å². The number of amides is 2. The van der Waals surface area contributed by atoms with Crippen LogP contribution in [0.3, 0.4) is 0 Å². The molecule has 0 aliphatic carbocycles. The van der Waals surface area contributed by atoms with Gasteiger partial charge in [0, 0.05) is 0 Å². The minimum atomic E-state index is -0.378. The van der Waals surface area contributed by atoms with Crippen molar-refractivity contribution in [2.75, 3.05) is 10.7 Å². The molecule has 0 radical (unpaired) electrons. The molecule has 0 fully saturated rings. The van der Waals surface area contributed by atoms with Gasteiger partial charge < -0.3 is 0 Å². The van der Waals surface area contributed by atoms with E-state index < -0.39 is 0 Å². The highest BCUT2D eigenvalue weighted by atomic mass is 32.2. The van der Waals surface area contributed by atoms with Crippen LogP contribution in [0.1, 0.15) is 23.6 Å². The molecule has 0 bridgehead atoms. The van der Waals surface area contributed by atoms with E-state index in [2.05, 4.69) is 0 Å². The van der Waals surface area contributed by atoms with Crippen molar-refractivity contribution in [3.63, 3.8) is 0 Å². The van der Waals surface area contributed by atoms with Crippen molar-refractivity contribution in [3.8, 4) is 0 Å². The van der Waals surface area contributed by atoms with E-state index in [0.717, 1.165) is 11.1 Å². The Balaban J connectivity index is 2.11. The minimum absolute atomic E-state index is 0.318. The second-order valence-electron chi connectivity index (χ2n) is 5.94. The molecule has 2 amide bonds. The first kappa shape index (κ1) is 17.4. The molecule has 0 N–H and O–H groups in total. The number of halogens is 1. The van der Waals surface area contributed by atoms with Gasteiger partial charge in [-0.05, 0) is 60.6 Å². The first-order valence-corrected chi connectivity index (χ1v) is 9.01. The normalized spacial score (nSPS) is 14.6. The Morgan fingerprint density at radius 1 is 0.960 bits per heavy atom. The van der Waals surface area contributed by atoms with E-state index >= 15 is 0 Å². The van der Waals surface area contributed by atoms with Crippen molar-refractivity contribution in [2.45, 2.75) is 20.8 Å². The molecule has 3 nitrogen and oxygen atoms in total. The van der Waals surface area contributed by atoms with Gasteiger partial charge in [0.2, 0.25) is 0 Å². The van der Waals surface area contributed by atoms with Crippen LogP contribution in [0.4, 0.5) is 10.1 Å². The first-order valence-electron chi connectivity index (χ1n) is 8.02. The average molecular weight is 355 g/mol. The summed E-state index contributed by atoms with van der Waals surface area (Å²) in [7, 11) is 0. The number of hydrogen-bond acceptors (Lipinski definition) is 3. The Hall–Kier alpha value is -2.40. The van der Waals surface area contributed by atoms with Crippen molar-refractivity contribution in [3.05, 3.63) is 69.9 Å². The number of rotatable bonds is 4. The zero-order valence-corrected chi connectivity index (χ0v) is 15.1. The molecule has 25 heavy (non-hydrogen) atoms. The average Bonchev–Trinajstić information content (AvgIpc) is 2.79. The van der Waals surface area contributed by atoms with E-state index in [0.29, 0.717) is 27.5 Å². The molecule has 1 aliphatic rings. The SMILES string of the molecule is CCSC1=C(c2ccc(F)cc2)C(=O)N(c2cc(C)cc(C)c2)C1=O. The summed E-state index contributed by atoms with van der Waals surface area (Å²) in [4.78, 5) is 27.6. The molecule has 0 saturated carbocycles. The van der Waals surface area contributed by atoms with Crippen LogP contribution >= 0.6 is 11.8 Å². The van der Waals surface area contributed by atoms with Crippen molar-refractivity contribution in [1.29, 1.82) is 0 Å². The largest absolute Gasteiger partial charge is 0.272 e. The molecule has 0 atom stereocenters. The number of thioether (sulfide) groups is 1. The molecule has 2 aromatic carbocycles. The number of carbonyl (C=O) groups excluding carboxylic acids is 2. The summed E-state index contributed by atoms with van der Waals surface area (Å²) in [6.45, 7) is 5.78. The van der Waals surface area contributed by atoms with Gasteiger partial charge in [0.1, 0.15) is 5.82 Å². The molecule has 2 aromatic rings. The van der Waals surface area contributed by atoms with Gasteiger partial charge in [-0.2, -0.15) is 0 Å². The second-order valence-corrected chi connectivity index (χ2v) is 7.21. The quantitative estimate of drug-likeness (QED) is 0.759. The van der Waals surface area contributed by atoms with E-state index in [-0.39, 0.29) is 17.6 Å². The molecular weight excluding hydrogens is 337 g/mol. The number of anilines is 1. The first-order chi connectivity index (χ1) is 11.9. The van der Waals surface area contributed by atoms with Gasteiger partial charge in [0.15, 0.2) is 0 Å². The van der Waals surface area contributed by atoms with Gasteiger partial charge in [-0.3, -0.25) is 9.59 Å². The standard InChI is InChI=1S/C20H18FNO2S/c1-4-25-18-17(14-5-7-15(21)8-6-14)19(23)22(20(18)24)16-10-12(2)9-13(3)11-16/h5-11H,4H2,1-3H3. The van der Waals surface area contributed by atoms with Crippen molar-refractivity contribution in [1.82, 2.24) is 0 Å². The van der Waals surface area contributed by atoms with Gasteiger partial charge in [0.25, 0.3) is 11.8 Å². The van der Waals surface area contributed by atoms with Crippen LogP contribution in [-0.4, -0.2) is 17.6 Å². The lowest BCUT2D eigenvalue weighted by atomic mass is 10.1. The van der Waals surface area contributed by atoms with Crippen LogP contribution in [0, 0.1) is 19.7 Å². The lowest BCUT2D eigenvalue weighted by Crippen LogP contribution is -2.31. The number of carbonyl (C=O) groups is 2. The Labute approximate surface area is 150 Å². The summed E-state index contributed by atoms with van der Waals surface area (Å²) in [5, 5.41) is 0. The number of aryl methyl sites for hydroxylation is 2. The highest BCUT2D eigenvalue weighted by Gasteiger charge is 2.40. The highest BCUT2D eigenvalue weighted by molar-refractivity contribution is 8.04. The monoisotopic (exact) mass is 355 g/mol. The predicted octanol–water partition coefficient (Wildman–Crippen LogP) is 4.48. The fourth-order valence-electron chi connectivity index (χ4n) is 2.97. The fourth-order valence-corrected chi connectivity index (χ4v) is 3.83. The van der Waals surface area contributed by atoms with E-state index in [1.54, 1.807) is 0 Å². The zero-order chi connectivity index (χ0) is 18.1. The molecule has 0 aromatic heterocycles. The Morgan fingerprint density at radius 3 is 2.12 bits per heavy atom. The van der Waals surface area contributed by atoms with Crippen LogP contribution < -0.4 is 4.90 Å². The maximum Gasteiger partial charge on any atom is 0.272 e. The fraction of sp³-hybridized carbons (Fsp3) is 0.200. The summed E-state index contributed by atoms with van der Waals surface area (Å²) >= 11 is 1.34. The van der Waals surface area contributed by atoms with Crippen molar-refractivity contribution >= 4 is 34.8 Å². The van der Waals surface area contributed by atoms with Crippen LogP contribution in [0.25, 0.3) is 5.57 Å². The summed E-state index contributed by atoms with van der Waals surface area (Å²) < 4.78 is 13.2. The van der Waals surface area contributed by atoms with Crippen LogP contribution in [0.5, 0.6) is 0 Å². The van der Waals surface area contributed by atoms with Crippen molar-refractivity contribution in [2.24, 2.45) is 0 Å². The molecule has 128 valence electrons. The number of imide groups is 1. The number of hydrogen-bond donors (Lipinski definition) is 0. The summed E-state index contributed by atoms with van der Waals surface area (Å²) in [5.41, 5.74) is 3.43. The molecule has 0 spiro atoms. The maximum atomic E-state index is 13.2. The van der Waals surface area contributed by atoms with Crippen LogP contribution in [-0.2, 0) is 9.59 Å². The second kappa shape index (κ2) is 6.84. The minimum Gasteiger partial charge on any atom is -0.268 e. The third-order valence-corrected chi connectivity index (χ3v) is 4.88. The predicted molar refractivity (Wildman–Crippen MR) is 99.9 cm³/mol. The molecule has 0 saturated heterocycles. The summed E-state index contributed by atoms with van der Waals surface area (Å²) in [5.74, 6) is -0.393. The third-order valence-electron chi connectivity index (χ3n) is 3.93.